The van der Waals surface area contributed by atoms with Crippen LogP contribution in [0.3, 0.4) is 0 Å². The van der Waals surface area contributed by atoms with Crippen LogP contribution < -0.4 is 20.2 Å². The lowest BCUT2D eigenvalue weighted by Crippen LogP contribution is -2.47. The van der Waals surface area contributed by atoms with Crippen molar-refractivity contribution in [1.82, 2.24) is 20.7 Å². The van der Waals surface area contributed by atoms with Crippen LogP contribution in [0, 0.1) is 0 Å². The first-order valence-corrected chi connectivity index (χ1v) is 12.2. The summed E-state index contributed by atoms with van der Waals surface area (Å²) in [7, 11) is 1.55. The number of amides is 2. The fraction of sp³-hybridized carbons (Fsp3) is 0.172. The second-order valence-corrected chi connectivity index (χ2v) is 8.46. The van der Waals surface area contributed by atoms with Crippen molar-refractivity contribution in [2.45, 2.75) is 25.7 Å². The van der Waals surface area contributed by atoms with E-state index in [1.807, 2.05) is 60.7 Å². The van der Waals surface area contributed by atoms with Gasteiger partial charge in [0.2, 0.25) is 0 Å². The largest absolute Gasteiger partial charge is 0.493 e. The molecule has 0 saturated heterocycles. The van der Waals surface area contributed by atoms with Gasteiger partial charge < -0.3 is 24.5 Å². The average Bonchev–Trinajstić information content (AvgIpc) is 3.49. The summed E-state index contributed by atoms with van der Waals surface area (Å²) in [5.41, 5.74) is 5.69. The van der Waals surface area contributed by atoms with Gasteiger partial charge in [-0.05, 0) is 34.9 Å². The molecule has 1 heterocycles. The third kappa shape index (κ3) is 8.46. The minimum Gasteiger partial charge on any atom is -0.493 e. The van der Waals surface area contributed by atoms with Gasteiger partial charge in [0.25, 0.3) is 5.91 Å². The third-order valence-electron chi connectivity index (χ3n) is 5.61. The smallest absolute Gasteiger partial charge is 0.408 e. The number of ether oxygens (including phenoxy) is 3. The molecule has 0 saturated carbocycles. The maximum atomic E-state index is 12.9. The number of H-pyrrole nitrogens is 1. The first-order chi connectivity index (χ1) is 19.1. The van der Waals surface area contributed by atoms with Gasteiger partial charge in [-0.15, -0.1) is 0 Å². The van der Waals surface area contributed by atoms with E-state index in [2.05, 4.69) is 25.8 Å². The van der Waals surface area contributed by atoms with Crippen LogP contribution in [0.25, 0.3) is 0 Å². The molecule has 2 amide bonds. The number of nitrogens with zero attached hydrogens (tertiary/aromatic N) is 2. The summed E-state index contributed by atoms with van der Waals surface area (Å²) >= 11 is 0. The molecule has 3 N–H and O–H groups in total. The molecule has 4 aromatic rings. The lowest BCUT2D eigenvalue weighted by atomic mass is 10.1. The van der Waals surface area contributed by atoms with Gasteiger partial charge in [0, 0.05) is 18.3 Å². The Bertz CT molecular complexity index is 1360. The number of imidazole rings is 1. The minimum atomic E-state index is -0.950. The van der Waals surface area contributed by atoms with Crippen molar-refractivity contribution >= 4 is 18.2 Å². The van der Waals surface area contributed by atoms with E-state index < -0.39 is 18.0 Å². The Hall–Kier alpha value is -5.12. The topological polar surface area (TPSA) is 127 Å². The molecule has 3 aromatic carbocycles. The molecule has 0 bridgehead atoms. The summed E-state index contributed by atoms with van der Waals surface area (Å²) in [5.74, 6) is 0.592. The van der Waals surface area contributed by atoms with Crippen LogP contribution in [-0.2, 0) is 29.2 Å². The summed E-state index contributed by atoms with van der Waals surface area (Å²) in [5, 5.41) is 6.65. The third-order valence-corrected chi connectivity index (χ3v) is 5.61. The molecule has 0 spiro atoms. The molecule has 0 fully saturated rings. The summed E-state index contributed by atoms with van der Waals surface area (Å²) in [6, 6.07) is 23.4. The number of benzene rings is 3. The lowest BCUT2D eigenvalue weighted by molar-refractivity contribution is -0.123. The standard InChI is InChI=1S/C29H29N5O5/c1-37-27-14-23(12-13-26(27)38-18-21-8-4-2-5-9-21)16-32-34-28(35)25(15-24-17-30-20-31-24)33-29(36)39-19-22-10-6-3-7-11-22/h2-14,16-17,20,25H,15,18-19H2,1H3,(H,30,31)(H,33,36)(H,34,35)/b32-16-/t25-/m0/s1. The van der Waals surface area contributed by atoms with Crippen molar-refractivity contribution in [2.75, 3.05) is 7.11 Å². The predicted octanol–water partition coefficient (Wildman–Crippen LogP) is 3.99. The number of hydrogen-bond acceptors (Lipinski definition) is 7. The molecule has 39 heavy (non-hydrogen) atoms. The zero-order chi connectivity index (χ0) is 27.3. The maximum absolute atomic E-state index is 12.9. The van der Waals surface area contributed by atoms with Gasteiger partial charge >= 0.3 is 6.09 Å². The monoisotopic (exact) mass is 527 g/mol. The van der Waals surface area contributed by atoms with E-state index in [0.29, 0.717) is 29.4 Å². The summed E-state index contributed by atoms with van der Waals surface area (Å²) < 4.78 is 16.6. The Morgan fingerprint density at radius 1 is 0.974 bits per heavy atom. The number of hydrazone groups is 1. The molecular formula is C29H29N5O5. The first kappa shape index (κ1) is 26.9. The predicted molar refractivity (Wildman–Crippen MR) is 145 cm³/mol. The van der Waals surface area contributed by atoms with Crippen molar-refractivity contribution in [3.8, 4) is 11.5 Å². The Morgan fingerprint density at radius 2 is 1.69 bits per heavy atom. The average molecular weight is 528 g/mol. The van der Waals surface area contributed by atoms with Gasteiger partial charge in [-0.2, -0.15) is 5.10 Å². The second kappa shape index (κ2) is 14.0. The number of aromatic nitrogens is 2. The number of aromatic amines is 1. The highest BCUT2D eigenvalue weighted by atomic mass is 16.5. The quantitative estimate of drug-likeness (QED) is 0.189. The number of carbonyl (C=O) groups is 2. The fourth-order valence-corrected chi connectivity index (χ4v) is 3.60. The van der Waals surface area contributed by atoms with E-state index in [9.17, 15) is 9.59 Å². The fourth-order valence-electron chi connectivity index (χ4n) is 3.60. The van der Waals surface area contributed by atoms with E-state index in [0.717, 1.165) is 11.1 Å². The van der Waals surface area contributed by atoms with E-state index in [1.165, 1.54) is 12.5 Å². The number of rotatable bonds is 12. The Labute approximate surface area is 226 Å². The second-order valence-electron chi connectivity index (χ2n) is 8.46. The van der Waals surface area contributed by atoms with Crippen molar-refractivity contribution < 1.29 is 23.8 Å². The van der Waals surface area contributed by atoms with E-state index in [4.69, 9.17) is 14.2 Å². The summed E-state index contributed by atoms with van der Waals surface area (Å²) in [6.45, 7) is 0.481. The zero-order valence-electron chi connectivity index (χ0n) is 21.4. The van der Waals surface area contributed by atoms with Crippen LogP contribution in [0.15, 0.2) is 96.5 Å². The number of alkyl carbamates (subject to hydrolysis) is 1. The molecule has 0 aliphatic carbocycles. The SMILES string of the molecule is COc1cc(/C=N\NC(=O)[C@H](Cc2cnc[nH]2)NC(=O)OCc2ccccc2)ccc1OCc1ccccc1. The molecule has 10 nitrogen and oxygen atoms in total. The molecule has 1 aromatic heterocycles. The van der Waals surface area contributed by atoms with Gasteiger partial charge in [0.1, 0.15) is 19.3 Å². The molecule has 0 unspecified atom stereocenters. The number of hydrogen-bond donors (Lipinski definition) is 3. The van der Waals surface area contributed by atoms with Crippen LogP contribution in [0.4, 0.5) is 4.79 Å². The highest BCUT2D eigenvalue weighted by molar-refractivity contribution is 5.87. The molecule has 0 radical (unpaired) electrons. The van der Waals surface area contributed by atoms with Gasteiger partial charge in [0.15, 0.2) is 11.5 Å². The maximum Gasteiger partial charge on any atom is 0.408 e. The highest BCUT2D eigenvalue weighted by Gasteiger charge is 2.22. The van der Waals surface area contributed by atoms with Gasteiger partial charge in [0.05, 0.1) is 19.7 Å². The summed E-state index contributed by atoms with van der Waals surface area (Å²) in [4.78, 5) is 32.2. The van der Waals surface area contributed by atoms with Gasteiger partial charge in [-0.1, -0.05) is 60.7 Å². The van der Waals surface area contributed by atoms with Crippen LogP contribution in [0.5, 0.6) is 11.5 Å². The molecule has 10 heteroatoms. The van der Waals surface area contributed by atoms with Gasteiger partial charge in [-0.25, -0.2) is 15.2 Å². The highest BCUT2D eigenvalue weighted by Crippen LogP contribution is 2.28. The number of nitrogens with one attached hydrogen (secondary N) is 3. The van der Waals surface area contributed by atoms with Crippen molar-refractivity contribution in [3.63, 3.8) is 0 Å². The Morgan fingerprint density at radius 3 is 2.36 bits per heavy atom. The van der Waals surface area contributed by atoms with Crippen LogP contribution in [0.1, 0.15) is 22.4 Å². The molecule has 0 aliphatic heterocycles. The van der Waals surface area contributed by atoms with Crippen molar-refractivity contribution in [3.05, 3.63) is 114 Å². The van der Waals surface area contributed by atoms with Crippen molar-refractivity contribution in [2.24, 2.45) is 5.10 Å². The molecule has 0 aliphatic rings. The number of methoxy groups -OCH3 is 1. The lowest BCUT2D eigenvalue weighted by Gasteiger charge is -2.16. The van der Waals surface area contributed by atoms with Crippen LogP contribution in [0.2, 0.25) is 0 Å². The van der Waals surface area contributed by atoms with Crippen molar-refractivity contribution in [1.29, 1.82) is 0 Å². The van der Waals surface area contributed by atoms with E-state index in [1.54, 1.807) is 31.5 Å². The van der Waals surface area contributed by atoms with Crippen LogP contribution >= 0.6 is 0 Å². The van der Waals surface area contributed by atoms with E-state index >= 15 is 0 Å². The van der Waals surface area contributed by atoms with Gasteiger partial charge in [-0.3, -0.25) is 4.79 Å². The molecule has 4 rings (SSSR count). The molecular weight excluding hydrogens is 498 g/mol. The zero-order valence-corrected chi connectivity index (χ0v) is 21.4. The van der Waals surface area contributed by atoms with E-state index in [-0.39, 0.29) is 13.0 Å². The molecule has 1 atom stereocenters. The Kier molecular flexibility index (Phi) is 9.66. The summed E-state index contributed by atoms with van der Waals surface area (Å²) in [6.07, 6.45) is 3.99. The normalized spacial score (nSPS) is 11.5. The first-order valence-electron chi connectivity index (χ1n) is 12.2. The Balaban J connectivity index is 1.35. The molecule has 200 valence electrons. The van der Waals surface area contributed by atoms with Crippen LogP contribution in [-0.4, -0.2) is 41.3 Å². The number of carbonyl (C=O) groups excluding carboxylic acids is 2. The minimum absolute atomic E-state index is 0.0795.